The van der Waals surface area contributed by atoms with Crippen LogP contribution in [0.3, 0.4) is 0 Å². The molecule has 0 fully saturated rings. The summed E-state index contributed by atoms with van der Waals surface area (Å²) in [5, 5.41) is 32.5. The summed E-state index contributed by atoms with van der Waals surface area (Å²) < 4.78 is 72.5. The van der Waals surface area contributed by atoms with E-state index >= 15 is 0 Å². The van der Waals surface area contributed by atoms with E-state index in [4.69, 9.17) is 29.3 Å². The van der Waals surface area contributed by atoms with Crippen LogP contribution in [0.2, 0.25) is 0 Å². The number of alkyl halides is 3. The molecule has 2 atom stereocenters. The molecule has 0 bridgehead atoms. The molecule has 0 aromatic carbocycles. The van der Waals surface area contributed by atoms with Gasteiger partial charge in [-0.2, -0.15) is 17.5 Å². The van der Waals surface area contributed by atoms with E-state index in [0.29, 0.717) is 37.4 Å². The Hall–Kier alpha value is -2.29. The zero-order chi connectivity index (χ0) is 26.8. The molecule has 0 saturated heterocycles. The first kappa shape index (κ1) is 22.9. The van der Waals surface area contributed by atoms with Crippen LogP contribution in [-0.2, 0) is 9.59 Å². The molecule has 1 aromatic heterocycles. The van der Waals surface area contributed by atoms with Crippen molar-refractivity contribution < 1.29 is 52.0 Å². The number of nitrogens with zero attached hydrogens (tertiary/aromatic N) is 3. The van der Waals surface area contributed by atoms with Crippen molar-refractivity contribution in [1.29, 1.82) is 0 Å². The van der Waals surface area contributed by atoms with Crippen LogP contribution in [0.5, 0.6) is 5.88 Å². The number of rotatable bonds is 10. The molecule has 2 unspecified atom stereocenters. The van der Waals surface area contributed by atoms with Crippen LogP contribution in [0.4, 0.5) is 13.2 Å². The predicted octanol–water partition coefficient (Wildman–Crippen LogP) is 1.64. The van der Waals surface area contributed by atoms with Crippen molar-refractivity contribution in [2.75, 3.05) is 26.7 Å². The number of carboxylic acids is 2. The molecule has 0 amide bonds. The molecule has 32 heavy (non-hydrogen) atoms. The van der Waals surface area contributed by atoms with E-state index in [9.17, 15) is 22.8 Å². The molecule has 0 radical (unpaired) electrons. The SMILES string of the molecule is O=C(O)C(O)C(O)C(=O)O.[2H]C([2H])([2H])N1CCC=C(c2nsnc2OCCCCCC(F)(F)F)C1. The maximum atomic E-state index is 12.1. The molecule has 14 heteroatoms. The number of aliphatic carboxylic acids is 2. The molecule has 1 aliphatic rings. The first-order valence-electron chi connectivity index (χ1n) is 10.9. The van der Waals surface area contributed by atoms with Crippen LogP contribution in [0.25, 0.3) is 5.57 Å². The lowest BCUT2D eigenvalue weighted by Crippen LogP contribution is -2.39. The molecule has 10 nitrogen and oxygen atoms in total. The van der Waals surface area contributed by atoms with Gasteiger partial charge >= 0.3 is 18.1 Å². The van der Waals surface area contributed by atoms with E-state index in [1.165, 1.54) is 4.90 Å². The minimum Gasteiger partial charge on any atom is -0.479 e. The minimum atomic E-state index is -4.12. The molecule has 1 aliphatic heterocycles. The molecule has 2 heterocycles. The number of hydrogen-bond acceptors (Lipinski definition) is 9. The first-order chi connectivity index (χ1) is 16.1. The number of ether oxygens (including phenoxy) is 1. The number of aliphatic hydroxyl groups excluding tert-OH is 2. The number of unbranched alkanes of at least 4 members (excludes halogenated alkanes) is 2. The van der Waals surface area contributed by atoms with Gasteiger partial charge in [-0.3, -0.25) is 0 Å². The molecule has 4 N–H and O–H groups in total. The quantitative estimate of drug-likeness (QED) is 0.357. The van der Waals surface area contributed by atoms with Gasteiger partial charge in [-0.25, -0.2) is 9.59 Å². The molecular formula is C18H26F3N3O7S. The highest BCUT2D eigenvalue weighted by molar-refractivity contribution is 6.99. The number of aliphatic hydroxyl groups is 2. The smallest absolute Gasteiger partial charge is 0.389 e. The number of halogens is 3. The number of carbonyl (C=O) groups is 2. The number of aromatic nitrogens is 2. The van der Waals surface area contributed by atoms with Crippen molar-refractivity contribution in [1.82, 2.24) is 13.6 Å². The zero-order valence-corrected chi connectivity index (χ0v) is 17.6. The molecular weight excluding hydrogens is 459 g/mol. The van der Waals surface area contributed by atoms with E-state index in [2.05, 4.69) is 8.75 Å². The largest absolute Gasteiger partial charge is 0.479 e. The van der Waals surface area contributed by atoms with Gasteiger partial charge in [-0.1, -0.05) is 6.08 Å². The van der Waals surface area contributed by atoms with Crippen LogP contribution in [0.1, 0.15) is 41.9 Å². The van der Waals surface area contributed by atoms with Gasteiger partial charge in [-0.15, -0.1) is 4.37 Å². The second kappa shape index (κ2) is 13.3. The van der Waals surface area contributed by atoms with E-state index in [0.717, 1.165) is 17.3 Å². The lowest BCUT2D eigenvalue weighted by Gasteiger charge is -2.22. The average Bonchev–Trinajstić information content (AvgIpc) is 3.22. The van der Waals surface area contributed by atoms with Gasteiger partial charge in [0.05, 0.1) is 18.3 Å². The summed E-state index contributed by atoms with van der Waals surface area (Å²) in [7, 11) is 0. The van der Waals surface area contributed by atoms with Crippen LogP contribution < -0.4 is 4.74 Å². The van der Waals surface area contributed by atoms with E-state index < -0.39 is 43.7 Å². The molecule has 0 saturated carbocycles. The summed E-state index contributed by atoms with van der Waals surface area (Å²) in [6.45, 7) is -1.22. The summed E-state index contributed by atoms with van der Waals surface area (Å²) in [5.41, 5.74) is 1.28. The van der Waals surface area contributed by atoms with Crippen molar-refractivity contribution in [2.24, 2.45) is 0 Å². The van der Waals surface area contributed by atoms with Crippen molar-refractivity contribution >= 4 is 29.2 Å². The van der Waals surface area contributed by atoms with Gasteiger partial charge in [0.25, 0.3) is 5.88 Å². The third-order valence-corrected chi connectivity index (χ3v) is 4.57. The van der Waals surface area contributed by atoms with Gasteiger partial charge in [0.1, 0.15) is 5.69 Å². The highest BCUT2D eigenvalue weighted by Gasteiger charge is 2.29. The zero-order valence-electron chi connectivity index (χ0n) is 19.8. The van der Waals surface area contributed by atoms with Crippen LogP contribution >= 0.6 is 11.7 Å². The highest BCUT2D eigenvalue weighted by atomic mass is 32.1. The van der Waals surface area contributed by atoms with Crippen LogP contribution in [0.15, 0.2) is 6.08 Å². The fraction of sp³-hybridized carbons (Fsp3) is 0.667. The number of hydrogen-bond donors (Lipinski definition) is 4. The molecule has 0 spiro atoms. The Labute approximate surface area is 190 Å². The predicted molar refractivity (Wildman–Crippen MR) is 107 cm³/mol. The summed E-state index contributed by atoms with van der Waals surface area (Å²) in [4.78, 5) is 20.9. The van der Waals surface area contributed by atoms with E-state index in [-0.39, 0.29) is 19.6 Å². The summed E-state index contributed by atoms with van der Waals surface area (Å²) in [5.74, 6) is -3.22. The third-order valence-electron chi connectivity index (χ3n) is 4.06. The topological polar surface area (TPSA) is 153 Å². The molecule has 0 aliphatic carbocycles. The lowest BCUT2D eigenvalue weighted by atomic mass is 10.1. The fourth-order valence-corrected chi connectivity index (χ4v) is 2.96. The number of carboxylic acid groups (broad SMARTS) is 2. The lowest BCUT2D eigenvalue weighted by molar-refractivity contribution is -0.165. The monoisotopic (exact) mass is 488 g/mol. The van der Waals surface area contributed by atoms with Crippen molar-refractivity contribution in [2.45, 2.75) is 50.5 Å². The maximum absolute atomic E-state index is 12.1. The third kappa shape index (κ3) is 10.3. The van der Waals surface area contributed by atoms with Crippen molar-refractivity contribution in [3.05, 3.63) is 11.8 Å². The fourth-order valence-electron chi connectivity index (χ4n) is 2.43. The summed E-state index contributed by atoms with van der Waals surface area (Å²) in [6.07, 6.45) is -5.92. The van der Waals surface area contributed by atoms with Gasteiger partial charge < -0.3 is 30.1 Å². The highest BCUT2D eigenvalue weighted by Crippen LogP contribution is 2.27. The summed E-state index contributed by atoms with van der Waals surface area (Å²) >= 11 is 0.967. The Bertz CT molecular complexity index is 850. The van der Waals surface area contributed by atoms with Gasteiger partial charge in [0, 0.05) is 23.6 Å². The maximum Gasteiger partial charge on any atom is 0.389 e. The standard InChI is InChI=1S/C14H20F3N3OS.C4H6O6/c1-20-8-5-6-11(10-20)12-13(19-22-18-12)21-9-4-2-3-7-14(15,16)17;5-1(3(7)8)2(6)4(9)10/h6H,2-5,7-10H2,1H3;1-2,5-6H,(H,7,8)(H,9,10)/i1D3;. The molecule has 182 valence electrons. The number of likely N-dealkylation sites (N-methyl/N-ethyl adjacent to an activating group) is 1. The molecule has 2 rings (SSSR count). The Morgan fingerprint density at radius 2 is 1.88 bits per heavy atom. The van der Waals surface area contributed by atoms with Crippen LogP contribution in [0, 0.1) is 0 Å². The van der Waals surface area contributed by atoms with Gasteiger partial charge in [0.15, 0.2) is 12.2 Å². The molecule has 1 aromatic rings. The van der Waals surface area contributed by atoms with Crippen molar-refractivity contribution in [3.63, 3.8) is 0 Å². The minimum absolute atomic E-state index is 0.0771. The second-order valence-corrected chi connectivity index (χ2v) is 7.23. The van der Waals surface area contributed by atoms with Gasteiger partial charge in [-0.05, 0) is 38.2 Å². The van der Waals surface area contributed by atoms with Crippen LogP contribution in [-0.4, -0.2) is 91.1 Å². The Balaban J connectivity index is 0.000000518. The van der Waals surface area contributed by atoms with Gasteiger partial charge in [0.2, 0.25) is 0 Å². The Morgan fingerprint density at radius 1 is 1.22 bits per heavy atom. The van der Waals surface area contributed by atoms with Crippen molar-refractivity contribution in [3.8, 4) is 5.88 Å². The van der Waals surface area contributed by atoms with E-state index in [1.54, 1.807) is 0 Å². The Morgan fingerprint density at radius 3 is 2.44 bits per heavy atom. The first-order valence-corrected chi connectivity index (χ1v) is 10.1. The normalized spacial score (nSPS) is 18.2. The summed E-state index contributed by atoms with van der Waals surface area (Å²) in [6, 6.07) is 0. The second-order valence-electron chi connectivity index (χ2n) is 6.70. The Kier molecular flexibility index (Phi) is 9.51. The van der Waals surface area contributed by atoms with E-state index in [1.807, 2.05) is 6.08 Å². The average molecular weight is 488 g/mol.